The first-order valence-corrected chi connectivity index (χ1v) is 9.52. The Morgan fingerprint density at radius 3 is 2.52 bits per heavy atom. The van der Waals surface area contributed by atoms with Crippen molar-refractivity contribution < 1.29 is 4.79 Å². The van der Waals surface area contributed by atoms with Gasteiger partial charge in [-0.2, -0.15) is 5.10 Å². The average molecular weight is 382 g/mol. The van der Waals surface area contributed by atoms with Crippen molar-refractivity contribution in [3.8, 4) is 0 Å². The molecule has 140 valence electrons. The summed E-state index contributed by atoms with van der Waals surface area (Å²) in [6.07, 6.45) is 5.60. The van der Waals surface area contributed by atoms with E-state index in [2.05, 4.69) is 21.1 Å². The highest BCUT2D eigenvalue weighted by Gasteiger charge is 2.16. The molecule has 0 radical (unpaired) electrons. The predicted octanol–water partition coefficient (Wildman–Crippen LogP) is 4.36. The van der Waals surface area contributed by atoms with E-state index in [9.17, 15) is 4.79 Å². The number of hydrogen-bond acceptors (Lipinski definition) is 4. The molecule has 0 amide bonds. The molecule has 1 fully saturated rings. The van der Waals surface area contributed by atoms with Crippen LogP contribution in [0.2, 0.25) is 5.02 Å². The molecule has 1 aliphatic rings. The van der Waals surface area contributed by atoms with E-state index in [1.54, 1.807) is 13.1 Å². The quantitative estimate of drug-likeness (QED) is 0.551. The van der Waals surface area contributed by atoms with Gasteiger partial charge in [-0.3, -0.25) is 14.7 Å². The van der Waals surface area contributed by atoms with Crippen LogP contribution in [0.25, 0.3) is 6.08 Å². The van der Waals surface area contributed by atoms with Crippen LogP contribution >= 0.6 is 11.6 Å². The van der Waals surface area contributed by atoms with Crippen molar-refractivity contribution in [1.29, 1.82) is 0 Å². The van der Waals surface area contributed by atoms with Crippen molar-refractivity contribution in [1.82, 2.24) is 9.91 Å². The molecule has 0 unspecified atom stereocenters. The molecule has 0 aliphatic carbocycles. The number of ketones is 1. The summed E-state index contributed by atoms with van der Waals surface area (Å²) in [4.78, 5) is 14.0. The van der Waals surface area contributed by atoms with E-state index in [1.165, 1.54) is 5.56 Å². The third kappa shape index (κ3) is 5.52. The van der Waals surface area contributed by atoms with E-state index < -0.39 is 0 Å². The van der Waals surface area contributed by atoms with Gasteiger partial charge in [-0.15, -0.1) is 0 Å². The fourth-order valence-corrected chi connectivity index (χ4v) is 3.32. The Morgan fingerprint density at radius 1 is 1.07 bits per heavy atom. The largest absolute Gasteiger partial charge is 0.295 e. The van der Waals surface area contributed by atoms with Gasteiger partial charge in [-0.05, 0) is 30.2 Å². The number of carbonyl (C=O) groups is 1. The second kappa shape index (κ2) is 9.49. The van der Waals surface area contributed by atoms with E-state index in [-0.39, 0.29) is 5.78 Å². The minimum atomic E-state index is 0.0711. The highest BCUT2D eigenvalue weighted by atomic mass is 35.5. The van der Waals surface area contributed by atoms with Gasteiger partial charge in [0.25, 0.3) is 0 Å². The molecular weight excluding hydrogens is 358 g/mol. The third-order valence-electron chi connectivity index (χ3n) is 4.63. The lowest BCUT2D eigenvalue weighted by molar-refractivity contribution is 0.101. The summed E-state index contributed by atoms with van der Waals surface area (Å²) in [6.45, 7) is 6.15. The topological polar surface area (TPSA) is 35.9 Å². The summed E-state index contributed by atoms with van der Waals surface area (Å²) in [7, 11) is 0. The summed E-state index contributed by atoms with van der Waals surface area (Å²) in [6, 6.07) is 15.6. The van der Waals surface area contributed by atoms with Gasteiger partial charge in [0.15, 0.2) is 5.78 Å². The highest BCUT2D eigenvalue weighted by Crippen LogP contribution is 2.18. The Bertz CT molecular complexity index is 839. The number of carbonyl (C=O) groups excluding carboxylic acids is 1. The molecule has 1 aliphatic heterocycles. The Balaban J connectivity index is 1.49. The zero-order valence-electron chi connectivity index (χ0n) is 15.5. The predicted molar refractivity (Wildman–Crippen MR) is 112 cm³/mol. The van der Waals surface area contributed by atoms with Gasteiger partial charge < -0.3 is 0 Å². The number of allylic oxidation sites excluding steroid dienone is 1. The fraction of sp³-hybridized carbons (Fsp3) is 0.273. The molecule has 2 aromatic rings. The minimum absolute atomic E-state index is 0.0711. The number of nitrogens with zero attached hydrogens (tertiary/aromatic N) is 3. The van der Waals surface area contributed by atoms with Crippen molar-refractivity contribution >= 4 is 29.7 Å². The smallest absolute Gasteiger partial charge is 0.160 e. The summed E-state index contributed by atoms with van der Waals surface area (Å²) in [5.74, 6) is 0.0711. The number of benzene rings is 2. The molecule has 2 aromatic carbocycles. The van der Waals surface area contributed by atoms with E-state index >= 15 is 0 Å². The lowest BCUT2D eigenvalue weighted by Gasteiger charge is -2.33. The van der Waals surface area contributed by atoms with Crippen molar-refractivity contribution in [2.45, 2.75) is 13.5 Å². The van der Waals surface area contributed by atoms with Crippen LogP contribution in [0, 0.1) is 0 Å². The maximum atomic E-state index is 11.6. The molecule has 4 nitrogen and oxygen atoms in total. The van der Waals surface area contributed by atoms with Crippen LogP contribution in [0.5, 0.6) is 0 Å². The zero-order valence-corrected chi connectivity index (χ0v) is 16.3. The molecule has 0 aromatic heterocycles. The summed E-state index contributed by atoms with van der Waals surface area (Å²) >= 11 is 6.25. The SMILES string of the molecule is CC(=O)c1ccccc1C=CC=NN1CCN(Cc2ccccc2Cl)CC1. The molecule has 0 saturated carbocycles. The number of Topliss-reactive ketones (excluding diaryl/α,β-unsaturated/α-hetero) is 1. The van der Waals surface area contributed by atoms with E-state index in [0.29, 0.717) is 0 Å². The molecule has 3 rings (SSSR count). The summed E-state index contributed by atoms with van der Waals surface area (Å²) in [5.41, 5.74) is 2.82. The molecular formula is C22H24ClN3O. The van der Waals surface area contributed by atoms with Gasteiger partial charge in [0.2, 0.25) is 0 Å². The van der Waals surface area contributed by atoms with Crippen LogP contribution in [0.4, 0.5) is 0 Å². The molecule has 0 bridgehead atoms. The maximum Gasteiger partial charge on any atom is 0.160 e. The van der Waals surface area contributed by atoms with Crippen molar-refractivity contribution in [2.24, 2.45) is 5.10 Å². The van der Waals surface area contributed by atoms with Crippen LogP contribution in [-0.2, 0) is 6.54 Å². The first kappa shape index (κ1) is 19.3. The first-order valence-electron chi connectivity index (χ1n) is 9.15. The Hall–Kier alpha value is -2.43. The molecule has 1 heterocycles. The van der Waals surface area contributed by atoms with Crippen LogP contribution < -0.4 is 0 Å². The van der Waals surface area contributed by atoms with Gasteiger partial charge >= 0.3 is 0 Å². The number of hydrogen-bond donors (Lipinski definition) is 0. The standard InChI is InChI=1S/C22H24ClN3O/c1-18(27)21-10-4-2-7-19(21)9-6-12-24-26-15-13-25(14-16-26)17-20-8-3-5-11-22(20)23/h2-12H,13-17H2,1H3. The molecule has 1 saturated heterocycles. The molecule has 27 heavy (non-hydrogen) atoms. The fourth-order valence-electron chi connectivity index (χ4n) is 3.12. The molecule has 0 atom stereocenters. The lowest BCUT2D eigenvalue weighted by Crippen LogP contribution is -2.43. The Morgan fingerprint density at radius 2 is 1.78 bits per heavy atom. The van der Waals surface area contributed by atoms with Crippen LogP contribution in [0.15, 0.2) is 59.7 Å². The van der Waals surface area contributed by atoms with E-state index in [1.807, 2.05) is 54.6 Å². The number of piperazine rings is 1. The second-order valence-electron chi connectivity index (χ2n) is 6.59. The van der Waals surface area contributed by atoms with Crippen LogP contribution in [0.1, 0.15) is 28.4 Å². The third-order valence-corrected chi connectivity index (χ3v) is 5.00. The Kier molecular flexibility index (Phi) is 6.80. The molecule has 5 heteroatoms. The molecule has 0 N–H and O–H groups in total. The number of hydrazone groups is 1. The lowest BCUT2D eigenvalue weighted by atomic mass is 10.0. The van der Waals surface area contributed by atoms with E-state index in [0.717, 1.165) is 48.9 Å². The van der Waals surface area contributed by atoms with Crippen LogP contribution in [-0.4, -0.2) is 48.1 Å². The van der Waals surface area contributed by atoms with Gasteiger partial charge in [-0.25, -0.2) is 0 Å². The highest BCUT2D eigenvalue weighted by molar-refractivity contribution is 6.31. The van der Waals surface area contributed by atoms with Gasteiger partial charge in [0, 0.05) is 49.5 Å². The van der Waals surface area contributed by atoms with Crippen molar-refractivity contribution in [2.75, 3.05) is 26.2 Å². The van der Waals surface area contributed by atoms with Gasteiger partial charge in [0.05, 0.1) is 0 Å². The van der Waals surface area contributed by atoms with Crippen molar-refractivity contribution in [3.63, 3.8) is 0 Å². The van der Waals surface area contributed by atoms with Gasteiger partial charge in [0.1, 0.15) is 0 Å². The van der Waals surface area contributed by atoms with Gasteiger partial charge in [-0.1, -0.05) is 60.1 Å². The first-order chi connectivity index (χ1) is 13.1. The van der Waals surface area contributed by atoms with E-state index in [4.69, 9.17) is 11.6 Å². The summed E-state index contributed by atoms with van der Waals surface area (Å²) < 4.78 is 0. The number of rotatable bonds is 6. The number of halogens is 1. The minimum Gasteiger partial charge on any atom is -0.295 e. The Labute approximate surface area is 165 Å². The van der Waals surface area contributed by atoms with Crippen LogP contribution in [0.3, 0.4) is 0 Å². The maximum absolute atomic E-state index is 11.6. The average Bonchev–Trinajstić information content (AvgIpc) is 2.68. The summed E-state index contributed by atoms with van der Waals surface area (Å²) in [5, 5.41) is 7.42. The van der Waals surface area contributed by atoms with Crippen molar-refractivity contribution in [3.05, 3.63) is 76.3 Å². The molecule has 0 spiro atoms. The second-order valence-corrected chi connectivity index (χ2v) is 7.00. The normalized spacial score (nSPS) is 15.7. The zero-order chi connectivity index (χ0) is 19.1. The monoisotopic (exact) mass is 381 g/mol.